The van der Waals surface area contributed by atoms with Crippen molar-refractivity contribution in [2.75, 3.05) is 11.9 Å². The third kappa shape index (κ3) is 5.26. The van der Waals surface area contributed by atoms with Crippen molar-refractivity contribution < 1.29 is 23.1 Å². The van der Waals surface area contributed by atoms with Gasteiger partial charge >= 0.3 is 12.2 Å². The van der Waals surface area contributed by atoms with Crippen molar-refractivity contribution in [2.24, 2.45) is 0 Å². The van der Waals surface area contributed by atoms with Crippen LogP contribution in [0.3, 0.4) is 0 Å². The zero-order valence-corrected chi connectivity index (χ0v) is 12.7. The Hall–Kier alpha value is -2.06. The Labute approximate surface area is 135 Å². The number of aliphatic hydroxyl groups excluding tert-OH is 1. The van der Waals surface area contributed by atoms with Gasteiger partial charge in [0, 0.05) is 17.1 Å². The summed E-state index contributed by atoms with van der Waals surface area (Å²) in [5.41, 5.74) is -0.778. The number of amides is 2. The molecule has 3 N–H and O–H groups in total. The molecule has 2 aromatic rings. The van der Waals surface area contributed by atoms with Crippen molar-refractivity contribution in [1.82, 2.24) is 5.32 Å². The first-order chi connectivity index (χ1) is 10.9. The van der Waals surface area contributed by atoms with Crippen LogP contribution in [0.2, 0.25) is 0 Å². The Morgan fingerprint density at radius 2 is 2.04 bits per heavy atom. The lowest BCUT2D eigenvalue weighted by atomic mass is 10.2. The highest BCUT2D eigenvalue weighted by molar-refractivity contribution is 7.10. The summed E-state index contributed by atoms with van der Waals surface area (Å²) in [7, 11) is 0. The number of benzene rings is 1. The van der Waals surface area contributed by atoms with Crippen LogP contribution < -0.4 is 10.6 Å². The maximum absolute atomic E-state index is 12.6. The maximum Gasteiger partial charge on any atom is 0.416 e. The highest BCUT2D eigenvalue weighted by atomic mass is 32.1. The van der Waals surface area contributed by atoms with E-state index in [2.05, 4.69) is 10.6 Å². The van der Waals surface area contributed by atoms with E-state index in [0.717, 1.165) is 17.0 Å². The topological polar surface area (TPSA) is 61.4 Å². The van der Waals surface area contributed by atoms with Gasteiger partial charge in [0.2, 0.25) is 0 Å². The number of rotatable bonds is 5. The number of anilines is 1. The minimum Gasteiger partial charge on any atom is -0.388 e. The number of urea groups is 1. The number of carbonyl (C=O) groups is 1. The maximum atomic E-state index is 12.6. The molecule has 2 rings (SSSR count). The van der Waals surface area contributed by atoms with Crippen molar-refractivity contribution in [3.05, 3.63) is 52.2 Å². The molecule has 1 aromatic carbocycles. The van der Waals surface area contributed by atoms with Gasteiger partial charge in [-0.05, 0) is 36.1 Å². The van der Waals surface area contributed by atoms with E-state index in [0.29, 0.717) is 6.42 Å². The molecule has 0 bridgehead atoms. The second kappa shape index (κ2) is 7.47. The number of alkyl halides is 3. The lowest BCUT2D eigenvalue weighted by Gasteiger charge is -2.12. The lowest BCUT2D eigenvalue weighted by Crippen LogP contribution is -2.30. The summed E-state index contributed by atoms with van der Waals surface area (Å²) in [6, 6.07) is 7.37. The largest absolute Gasteiger partial charge is 0.416 e. The van der Waals surface area contributed by atoms with Gasteiger partial charge in [-0.25, -0.2) is 4.79 Å². The second-order valence-corrected chi connectivity index (χ2v) is 5.76. The van der Waals surface area contributed by atoms with Crippen LogP contribution in [-0.2, 0) is 6.18 Å². The lowest BCUT2D eigenvalue weighted by molar-refractivity contribution is -0.137. The molecule has 0 aliphatic carbocycles. The monoisotopic (exact) mass is 344 g/mol. The van der Waals surface area contributed by atoms with Crippen LogP contribution in [0.25, 0.3) is 0 Å². The summed E-state index contributed by atoms with van der Waals surface area (Å²) < 4.78 is 37.7. The number of hydrogen-bond donors (Lipinski definition) is 3. The summed E-state index contributed by atoms with van der Waals surface area (Å²) in [6.07, 6.45) is -4.82. The van der Waals surface area contributed by atoms with E-state index < -0.39 is 23.9 Å². The molecule has 23 heavy (non-hydrogen) atoms. The molecule has 2 amide bonds. The average Bonchev–Trinajstić information content (AvgIpc) is 3.00. The molecule has 124 valence electrons. The second-order valence-electron chi connectivity index (χ2n) is 4.78. The number of aliphatic hydroxyl groups is 1. The van der Waals surface area contributed by atoms with Gasteiger partial charge in [0.25, 0.3) is 0 Å². The number of halogens is 3. The summed E-state index contributed by atoms with van der Waals surface area (Å²) in [5.74, 6) is 0. The summed E-state index contributed by atoms with van der Waals surface area (Å²) >= 11 is 1.41. The molecule has 4 nitrogen and oxygen atoms in total. The first-order valence-corrected chi connectivity index (χ1v) is 7.68. The number of nitrogens with one attached hydrogen (secondary N) is 2. The van der Waals surface area contributed by atoms with Gasteiger partial charge < -0.3 is 15.7 Å². The third-order valence-corrected chi connectivity index (χ3v) is 4.00. The van der Waals surface area contributed by atoms with Crippen LogP contribution in [0.4, 0.5) is 23.7 Å². The van der Waals surface area contributed by atoms with E-state index in [1.807, 2.05) is 11.4 Å². The van der Waals surface area contributed by atoms with Gasteiger partial charge in [-0.2, -0.15) is 13.2 Å². The molecule has 0 spiro atoms. The minimum absolute atomic E-state index is 0.0520. The van der Waals surface area contributed by atoms with Crippen LogP contribution in [-0.4, -0.2) is 17.7 Å². The fourth-order valence-corrected chi connectivity index (χ4v) is 2.64. The highest BCUT2D eigenvalue weighted by Gasteiger charge is 2.30. The van der Waals surface area contributed by atoms with Crippen LogP contribution >= 0.6 is 11.3 Å². The highest BCUT2D eigenvalue weighted by Crippen LogP contribution is 2.30. The van der Waals surface area contributed by atoms with Crippen molar-refractivity contribution in [3.8, 4) is 0 Å². The quantitative estimate of drug-likeness (QED) is 0.767. The molecule has 1 aromatic heterocycles. The molecule has 0 saturated heterocycles. The number of hydrogen-bond acceptors (Lipinski definition) is 3. The van der Waals surface area contributed by atoms with Crippen molar-refractivity contribution >= 4 is 23.1 Å². The van der Waals surface area contributed by atoms with Gasteiger partial charge in [-0.15, -0.1) is 11.3 Å². The fourth-order valence-electron chi connectivity index (χ4n) is 1.89. The van der Waals surface area contributed by atoms with Crippen LogP contribution in [0.1, 0.15) is 23.0 Å². The average molecular weight is 344 g/mol. The predicted molar refractivity (Wildman–Crippen MR) is 82.4 cm³/mol. The molecule has 0 saturated carbocycles. The Morgan fingerprint density at radius 1 is 1.26 bits per heavy atom. The summed E-state index contributed by atoms with van der Waals surface area (Å²) in [5, 5.41) is 16.5. The van der Waals surface area contributed by atoms with Crippen LogP contribution in [0.15, 0.2) is 41.8 Å². The fraction of sp³-hybridized carbons (Fsp3) is 0.267. The molecular formula is C15H15F3N2O2S. The number of thiophene rings is 1. The standard InChI is InChI=1S/C15H15F3N2O2S/c16-15(17,18)10-3-1-4-11(9-10)20-14(22)19-7-6-12(21)13-5-2-8-23-13/h1-5,8-9,12,21H,6-7H2,(H2,19,20,22)/t12-/m0/s1. The molecule has 1 atom stereocenters. The van der Waals surface area contributed by atoms with E-state index in [9.17, 15) is 23.1 Å². The Kier molecular flexibility index (Phi) is 5.62. The van der Waals surface area contributed by atoms with E-state index >= 15 is 0 Å². The molecule has 8 heteroatoms. The van der Waals surface area contributed by atoms with Crippen molar-refractivity contribution in [2.45, 2.75) is 18.7 Å². The zero-order chi connectivity index (χ0) is 16.9. The Balaban J connectivity index is 1.81. The van der Waals surface area contributed by atoms with E-state index in [-0.39, 0.29) is 12.2 Å². The van der Waals surface area contributed by atoms with Crippen LogP contribution in [0, 0.1) is 0 Å². The van der Waals surface area contributed by atoms with E-state index in [1.54, 1.807) is 6.07 Å². The normalized spacial score (nSPS) is 12.7. The first kappa shape index (κ1) is 17.3. The molecular weight excluding hydrogens is 329 g/mol. The van der Waals surface area contributed by atoms with Crippen molar-refractivity contribution in [3.63, 3.8) is 0 Å². The summed E-state index contributed by atoms with van der Waals surface area (Å²) in [4.78, 5) is 12.5. The molecule has 0 fully saturated rings. The minimum atomic E-state index is -4.46. The zero-order valence-electron chi connectivity index (χ0n) is 11.9. The molecule has 1 heterocycles. The first-order valence-electron chi connectivity index (χ1n) is 6.80. The predicted octanol–water partition coefficient (Wildman–Crippen LogP) is 4.01. The van der Waals surface area contributed by atoms with Gasteiger partial charge in [-0.3, -0.25) is 0 Å². The number of carbonyl (C=O) groups excluding carboxylic acids is 1. The SMILES string of the molecule is O=C(NCC[C@H](O)c1cccs1)Nc1cccc(C(F)(F)F)c1. The van der Waals surface area contributed by atoms with Crippen molar-refractivity contribution in [1.29, 1.82) is 0 Å². The smallest absolute Gasteiger partial charge is 0.388 e. The third-order valence-electron chi connectivity index (χ3n) is 3.02. The van der Waals surface area contributed by atoms with E-state index in [1.165, 1.54) is 23.5 Å². The summed E-state index contributed by atoms with van der Waals surface area (Å²) in [6.45, 7) is 0.198. The van der Waals surface area contributed by atoms with Crippen LogP contribution in [0.5, 0.6) is 0 Å². The van der Waals surface area contributed by atoms with Gasteiger partial charge in [0.1, 0.15) is 0 Å². The molecule has 0 aliphatic heterocycles. The molecule has 0 unspecified atom stereocenters. The van der Waals surface area contributed by atoms with E-state index in [4.69, 9.17) is 0 Å². The van der Waals surface area contributed by atoms with Gasteiger partial charge in [0.15, 0.2) is 0 Å². The van der Waals surface area contributed by atoms with Gasteiger partial charge in [0.05, 0.1) is 11.7 Å². The Bertz CT molecular complexity index is 644. The van der Waals surface area contributed by atoms with Gasteiger partial charge in [-0.1, -0.05) is 12.1 Å². The Morgan fingerprint density at radius 3 is 2.70 bits per heavy atom. The molecule has 0 aliphatic rings. The molecule has 0 radical (unpaired) electrons.